The van der Waals surface area contributed by atoms with Crippen LogP contribution in [0, 0.1) is 0 Å². The number of likely N-dealkylation sites (tertiary alicyclic amines) is 1. The van der Waals surface area contributed by atoms with Gasteiger partial charge in [-0.25, -0.2) is 14.0 Å². The molecule has 2 rings (SSSR count). The molecule has 0 aliphatic carbocycles. The van der Waals surface area contributed by atoms with Gasteiger partial charge in [-0.3, -0.25) is 0 Å². The first kappa shape index (κ1) is 20.8. The number of halogens is 2. The van der Waals surface area contributed by atoms with Crippen molar-refractivity contribution < 1.29 is 14.3 Å². The van der Waals surface area contributed by atoms with Crippen molar-refractivity contribution in [3.05, 3.63) is 35.4 Å². The minimum absolute atomic E-state index is 0.147. The molecule has 1 aromatic rings. The lowest BCUT2D eigenvalue weighted by molar-refractivity contribution is 0.0600. The number of urea groups is 1. The molecule has 1 atom stereocenters. The second-order valence-corrected chi connectivity index (χ2v) is 7.20. The standard InChI is InChI=1S/C18H25Cl2N3O3/c1-21-10-8-15(9-11-21)22(2)18(25)23(20)16(12-19)13-4-6-14(7-5-13)17(24)26-3/h4-7,15-16H,8-12H2,1-3H3. The van der Waals surface area contributed by atoms with Crippen molar-refractivity contribution in [2.45, 2.75) is 24.9 Å². The molecule has 1 fully saturated rings. The van der Waals surface area contributed by atoms with Crippen molar-refractivity contribution in [2.75, 3.05) is 40.2 Å². The van der Waals surface area contributed by atoms with Gasteiger partial charge in [0.05, 0.1) is 18.7 Å². The summed E-state index contributed by atoms with van der Waals surface area (Å²) >= 11 is 12.4. The van der Waals surface area contributed by atoms with Gasteiger partial charge < -0.3 is 14.5 Å². The van der Waals surface area contributed by atoms with Crippen molar-refractivity contribution in [1.29, 1.82) is 0 Å². The number of benzene rings is 1. The predicted molar refractivity (Wildman–Crippen MR) is 103 cm³/mol. The van der Waals surface area contributed by atoms with Crippen LogP contribution in [0.4, 0.5) is 4.79 Å². The van der Waals surface area contributed by atoms with Crippen molar-refractivity contribution >= 4 is 35.4 Å². The van der Waals surface area contributed by atoms with Gasteiger partial charge in [0, 0.05) is 30.7 Å². The van der Waals surface area contributed by atoms with Crippen LogP contribution in [-0.2, 0) is 4.74 Å². The van der Waals surface area contributed by atoms with Gasteiger partial charge in [0.1, 0.15) is 0 Å². The summed E-state index contributed by atoms with van der Waals surface area (Å²) in [6.07, 6.45) is 1.84. The van der Waals surface area contributed by atoms with E-state index in [1.807, 2.05) is 0 Å². The first-order valence-corrected chi connectivity index (χ1v) is 9.40. The highest BCUT2D eigenvalue weighted by Crippen LogP contribution is 2.27. The van der Waals surface area contributed by atoms with Crippen LogP contribution >= 0.6 is 23.4 Å². The Labute approximate surface area is 164 Å². The Kier molecular flexibility index (Phi) is 7.55. The number of ether oxygens (including phenoxy) is 1. The Morgan fingerprint density at radius 1 is 1.27 bits per heavy atom. The summed E-state index contributed by atoms with van der Waals surface area (Å²) in [6.45, 7) is 1.91. The lowest BCUT2D eigenvalue weighted by Crippen LogP contribution is -2.48. The average Bonchev–Trinajstić information content (AvgIpc) is 2.67. The van der Waals surface area contributed by atoms with Gasteiger partial charge in [-0.15, -0.1) is 11.6 Å². The summed E-state index contributed by atoms with van der Waals surface area (Å²) in [5.74, 6) is -0.270. The van der Waals surface area contributed by atoms with Crippen LogP contribution in [0.2, 0.25) is 0 Å². The molecule has 1 unspecified atom stereocenters. The summed E-state index contributed by atoms with van der Waals surface area (Å²) in [4.78, 5) is 28.3. The number of alkyl halides is 1. The number of rotatable bonds is 5. The maximum atomic E-state index is 12.8. The zero-order chi connectivity index (χ0) is 19.3. The van der Waals surface area contributed by atoms with Gasteiger partial charge in [-0.2, -0.15) is 0 Å². The number of hydrogen-bond donors (Lipinski definition) is 0. The molecule has 0 radical (unpaired) electrons. The Balaban J connectivity index is 2.08. The molecule has 6 nitrogen and oxygen atoms in total. The third kappa shape index (κ3) is 4.81. The Morgan fingerprint density at radius 2 is 1.85 bits per heavy atom. The first-order valence-electron chi connectivity index (χ1n) is 8.53. The minimum Gasteiger partial charge on any atom is -0.465 e. The van der Waals surface area contributed by atoms with Crippen LogP contribution < -0.4 is 0 Å². The smallest absolute Gasteiger partial charge is 0.337 e. The quantitative estimate of drug-likeness (QED) is 0.431. The second-order valence-electron chi connectivity index (χ2n) is 6.52. The number of nitrogens with zero attached hydrogens (tertiary/aromatic N) is 3. The van der Waals surface area contributed by atoms with Gasteiger partial charge in [0.2, 0.25) is 0 Å². The molecular formula is C18H25Cl2N3O3. The van der Waals surface area contributed by atoms with Crippen LogP contribution in [0.25, 0.3) is 0 Å². The molecule has 1 aromatic carbocycles. The summed E-state index contributed by atoms with van der Waals surface area (Å²) in [5, 5.41) is 0. The minimum atomic E-state index is -0.494. The third-order valence-electron chi connectivity index (χ3n) is 4.86. The molecule has 1 aliphatic heterocycles. The molecule has 0 bridgehead atoms. The molecule has 0 spiro atoms. The maximum absolute atomic E-state index is 12.8. The largest absolute Gasteiger partial charge is 0.465 e. The Morgan fingerprint density at radius 3 is 2.35 bits per heavy atom. The van der Waals surface area contributed by atoms with Crippen LogP contribution in [0.3, 0.4) is 0 Å². The number of carbonyl (C=O) groups is 2. The molecule has 0 aromatic heterocycles. The fraction of sp³-hybridized carbons (Fsp3) is 0.556. The highest BCUT2D eigenvalue weighted by atomic mass is 35.5. The van der Waals surface area contributed by atoms with Crippen LogP contribution in [0.5, 0.6) is 0 Å². The van der Waals surface area contributed by atoms with Crippen LogP contribution in [-0.4, -0.2) is 72.4 Å². The monoisotopic (exact) mass is 401 g/mol. The van der Waals surface area contributed by atoms with E-state index in [0.29, 0.717) is 5.56 Å². The summed E-state index contributed by atoms with van der Waals surface area (Å²) in [7, 11) is 5.18. The number of piperidine rings is 1. The van der Waals surface area contributed by atoms with Gasteiger partial charge in [-0.05, 0) is 50.7 Å². The lowest BCUT2D eigenvalue weighted by atomic mass is 10.0. The normalized spacial score (nSPS) is 16.8. The van der Waals surface area contributed by atoms with Crippen molar-refractivity contribution in [3.8, 4) is 0 Å². The SMILES string of the molecule is COC(=O)c1ccc(C(CCl)N(Cl)C(=O)N(C)C2CCN(C)CC2)cc1. The fourth-order valence-electron chi connectivity index (χ4n) is 3.06. The molecule has 0 N–H and O–H groups in total. The van der Waals surface area contributed by atoms with Gasteiger partial charge in [-0.1, -0.05) is 12.1 Å². The Bertz CT molecular complexity index is 619. The topological polar surface area (TPSA) is 53.1 Å². The third-order valence-corrected chi connectivity index (χ3v) is 5.53. The molecule has 2 amide bonds. The lowest BCUT2D eigenvalue weighted by Gasteiger charge is -2.37. The van der Waals surface area contributed by atoms with E-state index in [1.165, 1.54) is 7.11 Å². The van der Waals surface area contributed by atoms with E-state index < -0.39 is 12.0 Å². The van der Waals surface area contributed by atoms with Crippen molar-refractivity contribution in [2.24, 2.45) is 0 Å². The zero-order valence-corrected chi connectivity index (χ0v) is 16.8. The summed E-state index contributed by atoms with van der Waals surface area (Å²) < 4.78 is 5.84. The van der Waals surface area contributed by atoms with E-state index in [1.54, 1.807) is 36.2 Å². The van der Waals surface area contributed by atoms with E-state index in [4.69, 9.17) is 23.4 Å². The molecule has 1 aliphatic rings. The number of carbonyl (C=O) groups excluding carboxylic acids is 2. The average molecular weight is 402 g/mol. The number of esters is 1. The molecule has 1 saturated heterocycles. The second kappa shape index (κ2) is 9.44. The maximum Gasteiger partial charge on any atom is 0.337 e. The number of hydrogen-bond acceptors (Lipinski definition) is 4. The number of methoxy groups -OCH3 is 1. The van der Waals surface area contributed by atoms with E-state index in [2.05, 4.69) is 16.7 Å². The van der Waals surface area contributed by atoms with Gasteiger partial charge in [0.15, 0.2) is 0 Å². The van der Waals surface area contributed by atoms with Gasteiger partial charge in [0.25, 0.3) is 0 Å². The molecule has 26 heavy (non-hydrogen) atoms. The summed E-state index contributed by atoms with van der Waals surface area (Å²) in [5.41, 5.74) is 1.19. The van der Waals surface area contributed by atoms with Crippen molar-refractivity contribution in [1.82, 2.24) is 14.2 Å². The molecular weight excluding hydrogens is 377 g/mol. The summed E-state index contributed by atoms with van der Waals surface area (Å²) in [6, 6.07) is 6.13. The highest BCUT2D eigenvalue weighted by molar-refractivity contribution is 6.23. The van der Waals surface area contributed by atoms with E-state index in [-0.39, 0.29) is 18.0 Å². The molecule has 8 heteroatoms. The van der Waals surface area contributed by atoms with E-state index >= 15 is 0 Å². The fourth-order valence-corrected chi connectivity index (χ4v) is 3.75. The Hall–Kier alpha value is -1.50. The molecule has 1 heterocycles. The predicted octanol–water partition coefficient (Wildman–Crippen LogP) is 3.35. The highest BCUT2D eigenvalue weighted by Gasteiger charge is 2.30. The molecule has 0 saturated carbocycles. The molecule has 144 valence electrons. The van der Waals surface area contributed by atoms with E-state index in [0.717, 1.165) is 35.9 Å². The first-order chi connectivity index (χ1) is 12.4. The van der Waals surface area contributed by atoms with Gasteiger partial charge >= 0.3 is 12.0 Å². The van der Waals surface area contributed by atoms with Crippen molar-refractivity contribution in [3.63, 3.8) is 0 Å². The zero-order valence-electron chi connectivity index (χ0n) is 15.3. The van der Waals surface area contributed by atoms with Crippen LogP contribution in [0.15, 0.2) is 24.3 Å². The van der Waals surface area contributed by atoms with E-state index in [9.17, 15) is 9.59 Å². The number of amides is 2. The van der Waals surface area contributed by atoms with Crippen LogP contribution in [0.1, 0.15) is 34.8 Å².